The summed E-state index contributed by atoms with van der Waals surface area (Å²) in [7, 11) is 3.62. The minimum Gasteiger partial charge on any atom is -0.378 e. The van der Waals surface area contributed by atoms with Crippen LogP contribution in [0.4, 0.5) is 0 Å². The molecule has 0 saturated carbocycles. The normalized spacial score (nSPS) is 25.1. The van der Waals surface area contributed by atoms with Crippen LogP contribution in [0.3, 0.4) is 0 Å². The van der Waals surface area contributed by atoms with Crippen molar-refractivity contribution < 1.29 is 9.47 Å². The first-order valence-corrected chi connectivity index (χ1v) is 5.42. The molecular weight excluding hydrogens is 208 g/mol. The van der Waals surface area contributed by atoms with E-state index < -0.39 is 0 Å². The molecule has 6 nitrogen and oxygen atoms in total. The van der Waals surface area contributed by atoms with E-state index in [2.05, 4.69) is 15.4 Å². The van der Waals surface area contributed by atoms with Gasteiger partial charge in [-0.25, -0.2) is 4.98 Å². The first kappa shape index (κ1) is 11.5. The van der Waals surface area contributed by atoms with Gasteiger partial charge in [0.25, 0.3) is 0 Å². The molecule has 1 aromatic heterocycles. The number of aromatic nitrogens is 3. The number of hydrogen-bond donors (Lipinski definition) is 1. The lowest BCUT2D eigenvalue weighted by molar-refractivity contribution is -0.0160. The third-order valence-electron chi connectivity index (χ3n) is 3.04. The molecule has 0 bridgehead atoms. The van der Waals surface area contributed by atoms with Crippen LogP contribution in [0.15, 0.2) is 6.33 Å². The summed E-state index contributed by atoms with van der Waals surface area (Å²) in [4.78, 5) is 4.15. The van der Waals surface area contributed by atoms with Crippen LogP contribution >= 0.6 is 0 Å². The average molecular weight is 226 g/mol. The van der Waals surface area contributed by atoms with Gasteiger partial charge in [0.15, 0.2) is 0 Å². The first-order chi connectivity index (χ1) is 7.76. The van der Waals surface area contributed by atoms with E-state index in [-0.39, 0.29) is 5.60 Å². The van der Waals surface area contributed by atoms with Gasteiger partial charge in [-0.3, -0.25) is 4.68 Å². The molecule has 1 aliphatic rings. The number of ether oxygens (including phenoxy) is 2. The van der Waals surface area contributed by atoms with Gasteiger partial charge in [0, 0.05) is 33.7 Å². The van der Waals surface area contributed by atoms with Crippen LogP contribution in [-0.2, 0) is 23.1 Å². The SMILES string of the molecule is COC1(CNCc2ncnn2C)CCOC1. The van der Waals surface area contributed by atoms with Crippen LogP contribution in [0.5, 0.6) is 0 Å². The maximum absolute atomic E-state index is 5.52. The third-order valence-corrected chi connectivity index (χ3v) is 3.04. The van der Waals surface area contributed by atoms with Crippen LogP contribution in [0, 0.1) is 0 Å². The van der Waals surface area contributed by atoms with Crippen LogP contribution < -0.4 is 5.32 Å². The Bertz CT molecular complexity index is 333. The number of nitrogens with zero attached hydrogens (tertiary/aromatic N) is 3. The summed E-state index contributed by atoms with van der Waals surface area (Å²) in [6, 6.07) is 0. The van der Waals surface area contributed by atoms with Gasteiger partial charge in [0.05, 0.1) is 13.2 Å². The minimum absolute atomic E-state index is 0.168. The van der Waals surface area contributed by atoms with E-state index >= 15 is 0 Å². The zero-order chi connectivity index (χ0) is 11.4. The highest BCUT2D eigenvalue weighted by Gasteiger charge is 2.34. The van der Waals surface area contributed by atoms with E-state index in [0.717, 1.165) is 25.4 Å². The molecule has 0 spiro atoms. The topological polar surface area (TPSA) is 61.2 Å². The van der Waals surface area contributed by atoms with Crippen molar-refractivity contribution in [3.63, 3.8) is 0 Å². The fourth-order valence-corrected chi connectivity index (χ4v) is 1.84. The van der Waals surface area contributed by atoms with Crippen molar-refractivity contribution in [2.24, 2.45) is 7.05 Å². The second kappa shape index (κ2) is 4.90. The second-order valence-corrected chi connectivity index (χ2v) is 4.09. The number of methoxy groups -OCH3 is 1. The summed E-state index contributed by atoms with van der Waals surface area (Å²) in [6.07, 6.45) is 2.50. The summed E-state index contributed by atoms with van der Waals surface area (Å²) >= 11 is 0. The zero-order valence-electron chi connectivity index (χ0n) is 9.77. The molecular formula is C10H18N4O2. The van der Waals surface area contributed by atoms with Crippen LogP contribution in [-0.4, -0.2) is 47.2 Å². The Morgan fingerprint density at radius 1 is 1.69 bits per heavy atom. The largest absolute Gasteiger partial charge is 0.378 e. The van der Waals surface area contributed by atoms with Gasteiger partial charge in [-0.05, 0) is 0 Å². The summed E-state index contributed by atoms with van der Waals surface area (Å²) < 4.78 is 12.6. The van der Waals surface area contributed by atoms with E-state index in [1.165, 1.54) is 0 Å². The van der Waals surface area contributed by atoms with Gasteiger partial charge in [-0.1, -0.05) is 0 Å². The monoisotopic (exact) mass is 226 g/mol. The summed E-state index contributed by atoms with van der Waals surface area (Å²) in [5.41, 5.74) is -0.168. The van der Waals surface area contributed by atoms with Crippen LogP contribution in [0.2, 0.25) is 0 Å². The van der Waals surface area contributed by atoms with Crippen molar-refractivity contribution >= 4 is 0 Å². The molecule has 16 heavy (non-hydrogen) atoms. The van der Waals surface area contributed by atoms with E-state index in [9.17, 15) is 0 Å². The minimum atomic E-state index is -0.168. The molecule has 0 aliphatic carbocycles. The fraction of sp³-hybridized carbons (Fsp3) is 0.800. The van der Waals surface area contributed by atoms with Crippen molar-refractivity contribution in [3.8, 4) is 0 Å². The first-order valence-electron chi connectivity index (χ1n) is 5.42. The zero-order valence-corrected chi connectivity index (χ0v) is 9.77. The fourth-order valence-electron chi connectivity index (χ4n) is 1.84. The number of aryl methyl sites for hydroxylation is 1. The highest BCUT2D eigenvalue weighted by Crippen LogP contribution is 2.21. The van der Waals surface area contributed by atoms with E-state index in [1.807, 2.05) is 7.05 Å². The molecule has 1 saturated heterocycles. The molecule has 0 radical (unpaired) electrons. The van der Waals surface area contributed by atoms with Gasteiger partial charge < -0.3 is 14.8 Å². The maximum Gasteiger partial charge on any atom is 0.140 e. The average Bonchev–Trinajstić information content (AvgIpc) is 2.90. The Balaban J connectivity index is 1.81. The number of rotatable bonds is 5. The summed E-state index contributed by atoms with van der Waals surface area (Å²) in [5.74, 6) is 0.921. The Kier molecular flexibility index (Phi) is 3.52. The van der Waals surface area contributed by atoms with Gasteiger partial charge >= 0.3 is 0 Å². The molecule has 1 atom stereocenters. The van der Waals surface area contributed by atoms with Crippen molar-refractivity contribution in [1.29, 1.82) is 0 Å². The van der Waals surface area contributed by atoms with Crippen molar-refractivity contribution in [1.82, 2.24) is 20.1 Å². The number of hydrogen-bond acceptors (Lipinski definition) is 5. The maximum atomic E-state index is 5.52. The highest BCUT2D eigenvalue weighted by molar-refractivity contribution is 4.89. The molecule has 0 amide bonds. The van der Waals surface area contributed by atoms with Crippen molar-refractivity contribution in [2.45, 2.75) is 18.6 Å². The molecule has 1 unspecified atom stereocenters. The number of nitrogens with one attached hydrogen (secondary N) is 1. The molecule has 1 aromatic rings. The molecule has 1 aliphatic heterocycles. The van der Waals surface area contributed by atoms with Crippen molar-refractivity contribution in [3.05, 3.63) is 12.2 Å². The quantitative estimate of drug-likeness (QED) is 0.747. The van der Waals surface area contributed by atoms with Gasteiger partial charge in [-0.15, -0.1) is 0 Å². The lowest BCUT2D eigenvalue weighted by Gasteiger charge is -2.25. The standard InChI is InChI=1S/C10H18N4O2/c1-14-9(12-8-13-14)5-11-6-10(15-2)3-4-16-7-10/h8,11H,3-7H2,1-2H3. The predicted molar refractivity (Wildman–Crippen MR) is 57.9 cm³/mol. The molecule has 1 N–H and O–H groups in total. The Morgan fingerprint density at radius 3 is 3.12 bits per heavy atom. The van der Waals surface area contributed by atoms with Crippen LogP contribution in [0.25, 0.3) is 0 Å². The van der Waals surface area contributed by atoms with Crippen LogP contribution in [0.1, 0.15) is 12.2 Å². The highest BCUT2D eigenvalue weighted by atomic mass is 16.5. The summed E-state index contributed by atoms with van der Waals surface area (Å²) in [5, 5.41) is 7.35. The predicted octanol–water partition coefficient (Wildman–Crippen LogP) is -0.290. The molecule has 2 heterocycles. The molecule has 1 fully saturated rings. The summed E-state index contributed by atoms with van der Waals surface area (Å²) in [6.45, 7) is 2.91. The lowest BCUT2D eigenvalue weighted by Crippen LogP contribution is -2.43. The van der Waals surface area contributed by atoms with E-state index in [1.54, 1.807) is 18.1 Å². The van der Waals surface area contributed by atoms with E-state index in [0.29, 0.717) is 13.2 Å². The van der Waals surface area contributed by atoms with E-state index in [4.69, 9.17) is 9.47 Å². The van der Waals surface area contributed by atoms with Crippen molar-refractivity contribution in [2.75, 3.05) is 26.9 Å². The van der Waals surface area contributed by atoms with Gasteiger partial charge in [0.2, 0.25) is 0 Å². The molecule has 0 aromatic carbocycles. The van der Waals surface area contributed by atoms with Gasteiger partial charge in [-0.2, -0.15) is 5.10 Å². The molecule has 90 valence electrons. The lowest BCUT2D eigenvalue weighted by atomic mass is 10.0. The Hall–Kier alpha value is -0.980. The Morgan fingerprint density at radius 2 is 2.56 bits per heavy atom. The Labute approximate surface area is 94.9 Å². The smallest absolute Gasteiger partial charge is 0.140 e. The third kappa shape index (κ3) is 2.40. The molecule has 2 rings (SSSR count). The van der Waals surface area contributed by atoms with Gasteiger partial charge in [0.1, 0.15) is 17.8 Å². The molecule has 6 heteroatoms. The second-order valence-electron chi connectivity index (χ2n) is 4.09.